The van der Waals surface area contributed by atoms with Gasteiger partial charge >= 0.3 is 0 Å². The molecule has 2 N–H and O–H groups in total. The Balaban J connectivity index is 2.45. The first-order chi connectivity index (χ1) is 13.6. The largest absolute Gasteiger partial charge is 0.506 e. The van der Waals surface area contributed by atoms with Gasteiger partial charge < -0.3 is 5.11 Å². The first-order valence-electron chi connectivity index (χ1n) is 9.77. The number of nitrogens with zero attached hydrogens (tertiary/aromatic N) is 1. The van der Waals surface area contributed by atoms with Gasteiger partial charge in [0.25, 0.3) is 11.8 Å². The average molecular weight is 461 g/mol. The molecule has 156 valence electrons. The summed E-state index contributed by atoms with van der Waals surface area (Å²) in [5.74, 6) is -0.512. The van der Waals surface area contributed by atoms with Crippen molar-refractivity contribution in [3.8, 4) is 5.75 Å². The summed E-state index contributed by atoms with van der Waals surface area (Å²) in [5, 5.41) is 11.6. The van der Waals surface area contributed by atoms with Crippen molar-refractivity contribution in [1.82, 2.24) is 10.4 Å². The highest BCUT2D eigenvalue weighted by Gasteiger charge is 2.29. The van der Waals surface area contributed by atoms with E-state index in [1.54, 1.807) is 19.1 Å². The van der Waals surface area contributed by atoms with Crippen molar-refractivity contribution in [3.63, 3.8) is 0 Å². The van der Waals surface area contributed by atoms with Gasteiger partial charge in [0, 0.05) is 16.7 Å². The normalized spacial score (nSPS) is 12.0. The van der Waals surface area contributed by atoms with Crippen LogP contribution in [0.4, 0.5) is 0 Å². The first kappa shape index (κ1) is 22.9. The zero-order valence-corrected chi connectivity index (χ0v) is 19.4. The minimum Gasteiger partial charge on any atom is -0.506 e. The van der Waals surface area contributed by atoms with Crippen molar-refractivity contribution in [2.24, 2.45) is 5.92 Å². The highest BCUT2D eigenvalue weighted by atomic mass is 79.9. The summed E-state index contributed by atoms with van der Waals surface area (Å²) in [5.41, 5.74) is 6.10. The van der Waals surface area contributed by atoms with Crippen LogP contribution in [0.1, 0.15) is 64.6 Å². The summed E-state index contributed by atoms with van der Waals surface area (Å²) in [6, 6.07) is 8.75. The van der Waals surface area contributed by atoms with Crippen LogP contribution in [0.5, 0.6) is 5.75 Å². The molecule has 0 aliphatic rings. The minimum absolute atomic E-state index is 0.0146. The van der Waals surface area contributed by atoms with Crippen molar-refractivity contribution >= 4 is 27.7 Å². The van der Waals surface area contributed by atoms with Crippen molar-refractivity contribution in [2.75, 3.05) is 0 Å². The van der Waals surface area contributed by atoms with E-state index in [4.69, 9.17) is 0 Å². The summed E-state index contributed by atoms with van der Waals surface area (Å²) in [6.45, 7) is 11.6. The molecular weight excluding hydrogens is 432 g/mol. The summed E-state index contributed by atoms with van der Waals surface area (Å²) in [7, 11) is 0. The van der Waals surface area contributed by atoms with Crippen LogP contribution in [0.25, 0.3) is 0 Å². The Labute approximate surface area is 181 Å². The van der Waals surface area contributed by atoms with Crippen molar-refractivity contribution in [3.05, 3.63) is 62.6 Å². The monoisotopic (exact) mass is 460 g/mol. The molecule has 0 saturated carbocycles. The molecule has 2 aromatic rings. The molecule has 5 nitrogen and oxygen atoms in total. The number of hydrogen-bond donors (Lipinski definition) is 2. The molecule has 0 aromatic heterocycles. The van der Waals surface area contributed by atoms with E-state index in [9.17, 15) is 14.7 Å². The Morgan fingerprint density at radius 2 is 1.69 bits per heavy atom. The lowest BCUT2D eigenvalue weighted by atomic mass is 9.99. The summed E-state index contributed by atoms with van der Waals surface area (Å²) < 4.78 is 0.517. The molecule has 0 saturated heterocycles. The van der Waals surface area contributed by atoms with Crippen LogP contribution < -0.4 is 5.43 Å². The van der Waals surface area contributed by atoms with E-state index in [1.165, 1.54) is 5.01 Å². The fourth-order valence-electron chi connectivity index (χ4n) is 3.56. The molecule has 0 bridgehead atoms. The van der Waals surface area contributed by atoms with E-state index in [-0.39, 0.29) is 23.6 Å². The minimum atomic E-state index is -0.429. The van der Waals surface area contributed by atoms with Crippen LogP contribution in [0, 0.1) is 26.7 Å². The molecule has 0 aliphatic carbocycles. The van der Waals surface area contributed by atoms with Gasteiger partial charge in [-0.2, -0.15) is 0 Å². The Morgan fingerprint density at radius 3 is 2.21 bits per heavy atom. The Kier molecular flexibility index (Phi) is 7.47. The van der Waals surface area contributed by atoms with E-state index in [0.717, 1.165) is 11.1 Å². The maximum atomic E-state index is 13.4. The molecule has 2 amide bonds. The van der Waals surface area contributed by atoms with Gasteiger partial charge in [0.2, 0.25) is 0 Å². The number of amides is 2. The van der Waals surface area contributed by atoms with Crippen LogP contribution in [0.2, 0.25) is 0 Å². The quantitative estimate of drug-likeness (QED) is 0.594. The number of aryl methyl sites for hydroxylation is 2. The third-order valence-corrected chi connectivity index (χ3v) is 5.70. The van der Waals surface area contributed by atoms with Gasteiger partial charge in [-0.15, -0.1) is 0 Å². The molecule has 6 heteroatoms. The fourth-order valence-corrected chi connectivity index (χ4v) is 3.99. The molecule has 1 atom stereocenters. The second kappa shape index (κ2) is 9.44. The number of hydrazine groups is 1. The van der Waals surface area contributed by atoms with Gasteiger partial charge in [-0.25, -0.2) is 5.01 Å². The van der Waals surface area contributed by atoms with E-state index in [0.29, 0.717) is 27.6 Å². The topological polar surface area (TPSA) is 69.6 Å². The van der Waals surface area contributed by atoms with Crippen LogP contribution in [-0.4, -0.2) is 28.0 Å². The van der Waals surface area contributed by atoms with Gasteiger partial charge in [0.15, 0.2) is 0 Å². The standard InChI is InChI=1S/C23H29BrN2O3/c1-7-20(13(2)3)26(23(29)17-11-14(4)10-15(5)12-17)25-22(28)18-8-9-19(24)21(27)16(18)6/h8-13,20,27H,7H2,1-6H3,(H,25,28)/t20-/m1/s1. The smallest absolute Gasteiger partial charge is 0.272 e. The van der Waals surface area contributed by atoms with Gasteiger partial charge in [-0.05, 0) is 73.3 Å². The number of benzene rings is 2. The predicted octanol–water partition coefficient (Wildman–Crippen LogP) is 5.30. The number of aromatic hydroxyl groups is 1. The van der Waals surface area contributed by atoms with Crippen LogP contribution in [-0.2, 0) is 0 Å². The molecular formula is C23H29BrN2O3. The molecule has 0 fully saturated rings. The first-order valence-corrected chi connectivity index (χ1v) is 10.6. The number of rotatable bonds is 5. The van der Waals surface area contributed by atoms with Gasteiger partial charge in [-0.1, -0.05) is 38.0 Å². The van der Waals surface area contributed by atoms with Gasteiger partial charge in [-0.3, -0.25) is 15.0 Å². The van der Waals surface area contributed by atoms with Crippen molar-refractivity contribution < 1.29 is 14.7 Å². The lowest BCUT2D eigenvalue weighted by Gasteiger charge is -2.34. The molecule has 0 aliphatic heterocycles. The number of carbonyl (C=O) groups excluding carboxylic acids is 2. The maximum Gasteiger partial charge on any atom is 0.272 e. The number of nitrogens with one attached hydrogen (secondary N) is 1. The lowest BCUT2D eigenvalue weighted by Crippen LogP contribution is -2.53. The number of phenolic OH excluding ortho intramolecular Hbond substituents is 1. The average Bonchev–Trinajstić information content (AvgIpc) is 2.64. The zero-order chi connectivity index (χ0) is 21.9. The predicted molar refractivity (Wildman–Crippen MR) is 119 cm³/mol. The van der Waals surface area contributed by atoms with E-state index in [2.05, 4.69) is 21.4 Å². The third-order valence-electron chi connectivity index (χ3n) is 5.06. The lowest BCUT2D eigenvalue weighted by molar-refractivity contribution is 0.0409. The summed E-state index contributed by atoms with van der Waals surface area (Å²) >= 11 is 3.25. The Bertz CT molecular complexity index is 904. The second-order valence-electron chi connectivity index (χ2n) is 7.78. The van der Waals surface area contributed by atoms with Crippen molar-refractivity contribution in [1.29, 1.82) is 0 Å². The van der Waals surface area contributed by atoms with Gasteiger partial charge in [0.1, 0.15) is 5.75 Å². The zero-order valence-electron chi connectivity index (χ0n) is 17.8. The van der Waals surface area contributed by atoms with E-state index < -0.39 is 5.91 Å². The summed E-state index contributed by atoms with van der Waals surface area (Å²) in [4.78, 5) is 26.4. The fraction of sp³-hybridized carbons (Fsp3) is 0.391. The highest BCUT2D eigenvalue weighted by Crippen LogP contribution is 2.30. The summed E-state index contributed by atoms with van der Waals surface area (Å²) in [6.07, 6.45) is 0.694. The van der Waals surface area contributed by atoms with Crippen molar-refractivity contribution in [2.45, 2.75) is 54.0 Å². The molecule has 0 heterocycles. The third kappa shape index (κ3) is 5.18. The van der Waals surface area contributed by atoms with E-state index in [1.807, 2.05) is 52.8 Å². The molecule has 2 rings (SSSR count). The van der Waals surface area contributed by atoms with Crippen LogP contribution in [0.3, 0.4) is 0 Å². The second-order valence-corrected chi connectivity index (χ2v) is 8.63. The molecule has 0 unspecified atom stereocenters. The SMILES string of the molecule is CC[C@H](C(C)C)N(NC(=O)c1ccc(Br)c(O)c1C)C(=O)c1cc(C)cc(C)c1. The van der Waals surface area contributed by atoms with E-state index >= 15 is 0 Å². The van der Waals surface area contributed by atoms with Gasteiger partial charge in [0.05, 0.1) is 10.5 Å². The number of carbonyl (C=O) groups is 2. The Hall–Kier alpha value is -2.34. The highest BCUT2D eigenvalue weighted by molar-refractivity contribution is 9.10. The Morgan fingerprint density at radius 1 is 1.10 bits per heavy atom. The van der Waals surface area contributed by atoms with Crippen LogP contribution >= 0.6 is 15.9 Å². The molecule has 2 aromatic carbocycles. The number of phenols is 1. The molecule has 0 radical (unpaired) electrons. The number of hydrogen-bond acceptors (Lipinski definition) is 3. The molecule has 0 spiro atoms. The van der Waals surface area contributed by atoms with Crippen LogP contribution in [0.15, 0.2) is 34.8 Å². The maximum absolute atomic E-state index is 13.4. The number of halogens is 1. The molecule has 29 heavy (non-hydrogen) atoms.